The minimum Gasteiger partial charge on any atom is -0.313 e. The Labute approximate surface area is 181 Å². The molecule has 6 nitrogen and oxygen atoms in total. The molecule has 0 spiro atoms. The maximum Gasteiger partial charge on any atom is 0.255 e. The van der Waals surface area contributed by atoms with E-state index in [1.807, 2.05) is 54.2 Å². The van der Waals surface area contributed by atoms with Gasteiger partial charge in [0.2, 0.25) is 0 Å². The van der Waals surface area contributed by atoms with Crippen molar-refractivity contribution in [2.45, 2.75) is 26.7 Å². The molecule has 2 aromatic rings. The van der Waals surface area contributed by atoms with Crippen LogP contribution in [0.1, 0.15) is 30.4 Å². The number of hydrogen-bond donors (Lipinski definition) is 1. The topological polar surface area (TPSA) is 62.5 Å². The Morgan fingerprint density at radius 2 is 2.10 bits per heavy atom. The molecule has 2 aromatic heterocycles. The lowest BCUT2D eigenvalue weighted by Crippen LogP contribution is -2.27. The highest BCUT2D eigenvalue weighted by Gasteiger charge is 2.21. The monoisotopic (exact) mass is 411 g/mol. The number of aryl methyl sites for hydroxylation is 2. The third-order valence-corrected chi connectivity index (χ3v) is 5.76. The number of hydrogen-bond acceptors (Lipinski definition) is 4. The second-order valence-corrected chi connectivity index (χ2v) is 7.90. The van der Waals surface area contributed by atoms with Crippen molar-refractivity contribution < 1.29 is 4.79 Å². The summed E-state index contributed by atoms with van der Waals surface area (Å²) >= 11 is 0. The van der Waals surface area contributed by atoms with E-state index in [2.05, 4.69) is 29.4 Å². The van der Waals surface area contributed by atoms with Crippen LogP contribution >= 0.6 is 0 Å². The van der Waals surface area contributed by atoms with Gasteiger partial charge in [-0.15, -0.1) is 0 Å². The summed E-state index contributed by atoms with van der Waals surface area (Å²) in [5, 5.41) is 8.06. The first-order chi connectivity index (χ1) is 15.1. The largest absolute Gasteiger partial charge is 0.313 e. The van der Waals surface area contributed by atoms with Gasteiger partial charge in [-0.25, -0.2) is 4.52 Å². The molecule has 0 aromatic carbocycles. The van der Waals surface area contributed by atoms with Gasteiger partial charge in [-0.3, -0.25) is 14.7 Å². The molecule has 0 fully saturated rings. The molecule has 1 amide bonds. The van der Waals surface area contributed by atoms with Crippen LogP contribution in [-0.4, -0.2) is 38.5 Å². The first-order valence-electron chi connectivity index (χ1n) is 10.7. The van der Waals surface area contributed by atoms with Crippen LogP contribution in [0.4, 0.5) is 0 Å². The lowest BCUT2D eigenvalue weighted by atomic mass is 9.97. The third-order valence-electron chi connectivity index (χ3n) is 5.76. The highest BCUT2D eigenvalue weighted by Crippen LogP contribution is 2.28. The summed E-state index contributed by atoms with van der Waals surface area (Å²) < 4.78 is 1.86. The van der Waals surface area contributed by atoms with Crippen LogP contribution in [-0.2, 0) is 11.2 Å². The van der Waals surface area contributed by atoms with Crippen molar-refractivity contribution in [3.05, 3.63) is 94.9 Å². The summed E-state index contributed by atoms with van der Waals surface area (Å²) in [6.45, 7) is 5.88. The average Bonchev–Trinajstić information content (AvgIpc) is 3.21. The fourth-order valence-corrected chi connectivity index (χ4v) is 4.16. The Balaban J connectivity index is 1.53. The van der Waals surface area contributed by atoms with Gasteiger partial charge in [0.1, 0.15) is 0 Å². The summed E-state index contributed by atoms with van der Waals surface area (Å²) in [6.07, 6.45) is 19.5. The quantitative estimate of drug-likeness (QED) is 0.838. The zero-order valence-electron chi connectivity index (χ0n) is 17.8. The lowest BCUT2D eigenvalue weighted by Gasteiger charge is -2.26. The van der Waals surface area contributed by atoms with Crippen molar-refractivity contribution in [3.8, 4) is 0 Å². The fraction of sp³-hybridized carbons (Fsp3) is 0.240. The average molecular weight is 412 g/mol. The van der Waals surface area contributed by atoms with Crippen LogP contribution in [0.5, 0.6) is 0 Å². The second-order valence-electron chi connectivity index (χ2n) is 7.90. The van der Waals surface area contributed by atoms with Crippen LogP contribution in [0.3, 0.4) is 0 Å². The Morgan fingerprint density at radius 3 is 2.90 bits per heavy atom. The molecule has 6 heteroatoms. The molecule has 5 rings (SSSR count). The number of allylic oxidation sites excluding steroid dienone is 7. The summed E-state index contributed by atoms with van der Waals surface area (Å²) in [5.74, 6) is -0.0796. The maximum absolute atomic E-state index is 13.2. The van der Waals surface area contributed by atoms with E-state index in [9.17, 15) is 4.79 Å². The van der Waals surface area contributed by atoms with E-state index in [1.165, 1.54) is 5.57 Å². The predicted octanol–water partition coefficient (Wildman–Crippen LogP) is 3.64. The number of nitrogens with one attached hydrogen (secondary N) is 1. The van der Waals surface area contributed by atoms with Gasteiger partial charge in [-0.05, 0) is 55.7 Å². The second kappa shape index (κ2) is 7.96. The van der Waals surface area contributed by atoms with Gasteiger partial charge in [0.25, 0.3) is 5.91 Å². The first-order valence-corrected chi connectivity index (χ1v) is 10.7. The van der Waals surface area contributed by atoms with Gasteiger partial charge < -0.3 is 5.32 Å². The molecule has 31 heavy (non-hydrogen) atoms. The Hall–Kier alpha value is -3.51. The number of carbonyl (C=O) groups is 1. The van der Waals surface area contributed by atoms with Crippen LogP contribution in [0.15, 0.2) is 77.8 Å². The fourth-order valence-electron chi connectivity index (χ4n) is 4.16. The van der Waals surface area contributed by atoms with E-state index < -0.39 is 0 Å². The molecule has 1 N–H and O–H groups in total. The van der Waals surface area contributed by atoms with Crippen LogP contribution < -0.4 is 5.32 Å². The smallest absolute Gasteiger partial charge is 0.255 e. The highest BCUT2D eigenvalue weighted by molar-refractivity contribution is 5.99. The summed E-state index contributed by atoms with van der Waals surface area (Å²) in [6, 6.07) is 2.01. The van der Waals surface area contributed by atoms with Crippen molar-refractivity contribution in [3.63, 3.8) is 0 Å². The van der Waals surface area contributed by atoms with Crippen LogP contribution in [0, 0.1) is 6.92 Å². The van der Waals surface area contributed by atoms with Gasteiger partial charge >= 0.3 is 0 Å². The van der Waals surface area contributed by atoms with Crippen molar-refractivity contribution in [1.29, 1.82) is 0 Å². The first kappa shape index (κ1) is 19.5. The molecular weight excluding hydrogens is 386 g/mol. The highest BCUT2D eigenvalue weighted by atomic mass is 16.2. The number of fused-ring (bicyclic) bond motifs is 2. The Morgan fingerprint density at radius 1 is 1.19 bits per heavy atom. The molecule has 0 bridgehead atoms. The zero-order chi connectivity index (χ0) is 21.4. The van der Waals surface area contributed by atoms with Crippen molar-refractivity contribution in [2.75, 3.05) is 13.1 Å². The normalized spacial score (nSPS) is 23.2. The van der Waals surface area contributed by atoms with Gasteiger partial charge in [0, 0.05) is 30.1 Å². The third kappa shape index (κ3) is 3.70. The van der Waals surface area contributed by atoms with E-state index in [-0.39, 0.29) is 5.91 Å². The molecule has 0 saturated carbocycles. The Bertz CT molecular complexity index is 1250. The minimum atomic E-state index is -0.0796. The van der Waals surface area contributed by atoms with E-state index in [1.54, 1.807) is 11.0 Å². The van der Waals surface area contributed by atoms with E-state index in [4.69, 9.17) is 5.10 Å². The molecule has 0 aliphatic carbocycles. The SMILES string of the molecule is CCc1nc(C)cn2nc(C3=C\C(=O)N4C=C(C5=CCNCC5)C=C\C4=C/C=C/3)cc12. The number of carbonyl (C=O) groups excluding carboxylic acids is 1. The molecule has 0 radical (unpaired) electrons. The number of rotatable bonds is 3. The minimum absolute atomic E-state index is 0.0796. The predicted molar refractivity (Wildman–Crippen MR) is 122 cm³/mol. The molecule has 3 aliphatic rings. The summed E-state index contributed by atoms with van der Waals surface area (Å²) in [7, 11) is 0. The van der Waals surface area contributed by atoms with Gasteiger partial charge in [-0.1, -0.05) is 31.2 Å². The van der Waals surface area contributed by atoms with Gasteiger partial charge in [0.05, 0.1) is 28.8 Å². The van der Waals surface area contributed by atoms with Crippen LogP contribution in [0.2, 0.25) is 0 Å². The summed E-state index contributed by atoms with van der Waals surface area (Å²) in [5.41, 5.74) is 7.69. The van der Waals surface area contributed by atoms with E-state index in [0.29, 0.717) is 0 Å². The maximum atomic E-state index is 13.2. The molecule has 5 heterocycles. The van der Waals surface area contributed by atoms with Gasteiger partial charge in [-0.2, -0.15) is 5.10 Å². The zero-order valence-corrected chi connectivity index (χ0v) is 17.8. The molecule has 0 unspecified atom stereocenters. The van der Waals surface area contributed by atoms with Crippen LogP contribution in [0.25, 0.3) is 11.1 Å². The number of aromatic nitrogens is 3. The standard InChI is InChI=1S/C25H25N5O/c1-3-22-24-14-23(28-30(24)15-17(2)27-22)19-5-4-6-21-8-7-20(16-29(21)25(31)13-19)18-9-11-26-12-10-18/h4-9,13-16,26H,3,10-12H2,1-2H3/b5-4+,19-13+,21-6+. The van der Waals surface area contributed by atoms with E-state index in [0.717, 1.165) is 65.4 Å². The lowest BCUT2D eigenvalue weighted by molar-refractivity contribution is -0.122. The molecular formula is C25H25N5O. The molecule has 0 atom stereocenters. The summed E-state index contributed by atoms with van der Waals surface area (Å²) in [4.78, 5) is 19.6. The Kier molecular flexibility index (Phi) is 5.00. The van der Waals surface area contributed by atoms with Crippen molar-refractivity contribution in [2.24, 2.45) is 0 Å². The molecule has 3 aliphatic heterocycles. The number of nitrogens with zero attached hydrogens (tertiary/aromatic N) is 4. The molecule has 0 saturated heterocycles. The van der Waals surface area contributed by atoms with Gasteiger partial charge in [0.15, 0.2) is 0 Å². The number of amides is 1. The van der Waals surface area contributed by atoms with Crippen molar-refractivity contribution >= 4 is 17.0 Å². The van der Waals surface area contributed by atoms with E-state index >= 15 is 0 Å². The van der Waals surface area contributed by atoms with Crippen molar-refractivity contribution in [1.82, 2.24) is 24.8 Å². The molecule has 156 valence electrons.